The van der Waals surface area contributed by atoms with E-state index in [1.54, 1.807) is 6.20 Å². The summed E-state index contributed by atoms with van der Waals surface area (Å²) in [6, 6.07) is 1.96. The zero-order valence-electron chi connectivity index (χ0n) is 16.9. The van der Waals surface area contributed by atoms with Crippen LogP contribution in [0.15, 0.2) is 12.3 Å². The van der Waals surface area contributed by atoms with E-state index in [1.165, 1.54) is 17.6 Å². The summed E-state index contributed by atoms with van der Waals surface area (Å²) < 4.78 is 25.9. The lowest BCUT2D eigenvalue weighted by Crippen LogP contribution is -2.31. The molecular formula is C18H29N5O3S. The fourth-order valence-corrected chi connectivity index (χ4v) is 3.12. The highest BCUT2D eigenvalue weighted by Gasteiger charge is 2.19. The maximum Gasteiger partial charge on any atom is 0.252 e. The Hall–Kier alpha value is -2.00. The zero-order valence-corrected chi connectivity index (χ0v) is 17.7. The van der Waals surface area contributed by atoms with E-state index in [0.717, 1.165) is 11.1 Å². The molecule has 0 aliphatic carbocycles. The number of amides is 1. The minimum absolute atomic E-state index is 0.139. The number of aromatic nitrogens is 3. The van der Waals surface area contributed by atoms with Gasteiger partial charge in [-0.2, -0.15) is 5.10 Å². The molecule has 0 saturated heterocycles. The lowest BCUT2D eigenvalue weighted by Gasteiger charge is -2.14. The Labute approximate surface area is 161 Å². The van der Waals surface area contributed by atoms with E-state index in [-0.39, 0.29) is 17.9 Å². The molecular weight excluding hydrogens is 366 g/mol. The first-order chi connectivity index (χ1) is 12.5. The third kappa shape index (κ3) is 5.04. The van der Waals surface area contributed by atoms with Crippen LogP contribution >= 0.6 is 0 Å². The average Bonchev–Trinajstić information content (AvgIpc) is 3.00. The molecule has 2 rings (SSSR count). The summed E-state index contributed by atoms with van der Waals surface area (Å²) in [5, 5.41) is 7.98. The van der Waals surface area contributed by atoms with E-state index >= 15 is 0 Å². The molecule has 9 heteroatoms. The van der Waals surface area contributed by atoms with E-state index in [0.29, 0.717) is 30.7 Å². The summed E-state index contributed by atoms with van der Waals surface area (Å²) >= 11 is 0. The van der Waals surface area contributed by atoms with Gasteiger partial charge in [-0.1, -0.05) is 13.8 Å². The molecule has 0 spiro atoms. The Kier molecular flexibility index (Phi) is 6.59. The number of hydrogen-bond donors (Lipinski definition) is 1. The van der Waals surface area contributed by atoms with Crippen LogP contribution in [0.1, 0.15) is 62.1 Å². The molecule has 8 nitrogen and oxygen atoms in total. The predicted octanol–water partition coefficient (Wildman–Crippen LogP) is 2.15. The molecule has 2 aromatic rings. The summed E-state index contributed by atoms with van der Waals surface area (Å²) in [7, 11) is -1.68. The molecule has 0 aliphatic rings. The Morgan fingerprint density at radius 1 is 1.30 bits per heavy atom. The fraction of sp³-hybridized carbons (Fsp3) is 0.611. The smallest absolute Gasteiger partial charge is 0.252 e. The maximum absolute atomic E-state index is 12.7. The van der Waals surface area contributed by atoms with Crippen LogP contribution in [-0.4, -0.2) is 59.8 Å². The van der Waals surface area contributed by atoms with Gasteiger partial charge in [-0.25, -0.2) is 22.4 Å². The van der Waals surface area contributed by atoms with E-state index in [2.05, 4.69) is 10.4 Å². The Morgan fingerprint density at radius 2 is 1.96 bits per heavy atom. The van der Waals surface area contributed by atoms with Gasteiger partial charge in [-0.3, -0.25) is 4.79 Å². The van der Waals surface area contributed by atoms with Gasteiger partial charge in [-0.15, -0.1) is 0 Å². The van der Waals surface area contributed by atoms with E-state index < -0.39 is 10.0 Å². The van der Waals surface area contributed by atoms with Crippen LogP contribution in [0.25, 0.3) is 11.0 Å². The van der Waals surface area contributed by atoms with Crippen molar-refractivity contribution < 1.29 is 13.2 Å². The van der Waals surface area contributed by atoms with Crippen molar-refractivity contribution in [2.75, 3.05) is 26.4 Å². The first-order valence-electron chi connectivity index (χ1n) is 9.10. The molecule has 27 heavy (non-hydrogen) atoms. The maximum atomic E-state index is 12.7. The largest absolute Gasteiger partial charge is 0.352 e. The van der Waals surface area contributed by atoms with Crippen molar-refractivity contribution in [2.24, 2.45) is 0 Å². The number of carbonyl (C=O) groups excluding carboxylic acids is 1. The normalized spacial score (nSPS) is 12.5. The van der Waals surface area contributed by atoms with Gasteiger partial charge in [0.05, 0.1) is 23.4 Å². The third-order valence-electron chi connectivity index (χ3n) is 4.41. The molecule has 0 bridgehead atoms. The molecule has 2 heterocycles. The summed E-state index contributed by atoms with van der Waals surface area (Å²) in [5.74, 6) is -0.0190. The number of rotatable bonds is 8. The summed E-state index contributed by atoms with van der Waals surface area (Å²) in [5.41, 5.74) is 2.09. The van der Waals surface area contributed by atoms with Gasteiger partial charge in [0.15, 0.2) is 5.65 Å². The Bertz CT molecular complexity index is 918. The Balaban J connectivity index is 2.20. The van der Waals surface area contributed by atoms with Crippen molar-refractivity contribution >= 4 is 27.0 Å². The standard InChI is InChI=1S/C18H29N5O3S/c1-12(2)16-10-14(15-11-20-23(13(3)4)17(15)21-16)18(24)19-8-7-9-22(5)27(6,25)26/h10-13H,7-9H2,1-6H3,(H,19,24). The molecule has 0 saturated carbocycles. The molecule has 0 radical (unpaired) electrons. The molecule has 0 aliphatic heterocycles. The molecule has 1 N–H and O–H groups in total. The number of nitrogens with zero attached hydrogens (tertiary/aromatic N) is 4. The molecule has 0 atom stereocenters. The average molecular weight is 396 g/mol. The van der Waals surface area contributed by atoms with Crippen LogP contribution in [0, 0.1) is 0 Å². The summed E-state index contributed by atoms with van der Waals surface area (Å²) in [4.78, 5) is 17.4. The van der Waals surface area contributed by atoms with Crippen molar-refractivity contribution in [2.45, 2.75) is 46.1 Å². The fourth-order valence-electron chi connectivity index (χ4n) is 2.66. The van der Waals surface area contributed by atoms with E-state index in [1.807, 2.05) is 38.4 Å². The second-order valence-electron chi connectivity index (χ2n) is 7.36. The van der Waals surface area contributed by atoms with Crippen LogP contribution in [0.5, 0.6) is 0 Å². The molecule has 150 valence electrons. The van der Waals surface area contributed by atoms with Crippen LogP contribution in [-0.2, 0) is 10.0 Å². The van der Waals surface area contributed by atoms with Crippen molar-refractivity contribution in [1.82, 2.24) is 24.4 Å². The van der Waals surface area contributed by atoms with Crippen LogP contribution < -0.4 is 5.32 Å². The molecule has 1 amide bonds. The number of carbonyl (C=O) groups is 1. The van der Waals surface area contributed by atoms with Gasteiger partial charge >= 0.3 is 0 Å². The molecule has 0 unspecified atom stereocenters. The highest BCUT2D eigenvalue weighted by Crippen LogP contribution is 2.24. The lowest BCUT2D eigenvalue weighted by molar-refractivity contribution is 0.0954. The van der Waals surface area contributed by atoms with Gasteiger partial charge in [0.1, 0.15) is 0 Å². The van der Waals surface area contributed by atoms with Crippen LogP contribution in [0.3, 0.4) is 0 Å². The number of hydrogen-bond acceptors (Lipinski definition) is 5. The van der Waals surface area contributed by atoms with Crippen molar-refractivity contribution in [1.29, 1.82) is 0 Å². The third-order valence-corrected chi connectivity index (χ3v) is 5.73. The molecule has 0 aromatic carbocycles. The minimum Gasteiger partial charge on any atom is -0.352 e. The van der Waals surface area contributed by atoms with E-state index in [4.69, 9.17) is 4.98 Å². The molecule has 2 aromatic heterocycles. The predicted molar refractivity (Wildman–Crippen MR) is 106 cm³/mol. The van der Waals surface area contributed by atoms with E-state index in [9.17, 15) is 13.2 Å². The highest BCUT2D eigenvalue weighted by atomic mass is 32.2. The first kappa shape index (κ1) is 21.3. The number of sulfonamides is 1. The van der Waals surface area contributed by atoms with Gasteiger partial charge < -0.3 is 5.32 Å². The highest BCUT2D eigenvalue weighted by molar-refractivity contribution is 7.88. The zero-order chi connectivity index (χ0) is 20.4. The van der Waals surface area contributed by atoms with Gasteiger partial charge in [0, 0.05) is 31.9 Å². The second kappa shape index (κ2) is 8.35. The first-order valence-corrected chi connectivity index (χ1v) is 10.9. The van der Waals surface area contributed by atoms with Gasteiger partial charge in [0.25, 0.3) is 5.91 Å². The quantitative estimate of drug-likeness (QED) is 0.691. The summed E-state index contributed by atoms with van der Waals surface area (Å²) in [6.07, 6.45) is 3.38. The monoisotopic (exact) mass is 395 g/mol. The SMILES string of the molecule is CC(C)c1cc(C(=O)NCCCN(C)S(C)(=O)=O)c2cnn(C(C)C)c2n1. The number of fused-ring (bicyclic) bond motifs is 1. The number of pyridine rings is 1. The van der Waals surface area contributed by atoms with Crippen molar-refractivity contribution in [3.63, 3.8) is 0 Å². The number of nitrogens with one attached hydrogen (secondary N) is 1. The lowest BCUT2D eigenvalue weighted by atomic mass is 10.0. The Morgan fingerprint density at radius 3 is 2.52 bits per heavy atom. The molecule has 0 fully saturated rings. The topological polar surface area (TPSA) is 97.2 Å². The van der Waals surface area contributed by atoms with Gasteiger partial charge in [-0.05, 0) is 32.3 Å². The van der Waals surface area contributed by atoms with Crippen LogP contribution in [0.2, 0.25) is 0 Å². The van der Waals surface area contributed by atoms with Gasteiger partial charge in [0.2, 0.25) is 10.0 Å². The van der Waals surface area contributed by atoms with Crippen LogP contribution in [0.4, 0.5) is 0 Å². The second-order valence-corrected chi connectivity index (χ2v) is 9.45. The minimum atomic E-state index is -3.20. The van der Waals surface area contributed by atoms with Crippen molar-refractivity contribution in [3.8, 4) is 0 Å². The van der Waals surface area contributed by atoms with Crippen molar-refractivity contribution in [3.05, 3.63) is 23.5 Å². The summed E-state index contributed by atoms with van der Waals surface area (Å²) in [6.45, 7) is 8.85.